The molecular formula is C14H15ClN2O2. The molecule has 2 aromatic rings. The summed E-state index contributed by atoms with van der Waals surface area (Å²) in [6.45, 7) is 2.27. The second-order valence-electron chi connectivity index (χ2n) is 4.37. The van der Waals surface area contributed by atoms with Gasteiger partial charge in [-0.25, -0.2) is 4.79 Å². The number of hydrogen-bond donors (Lipinski definition) is 1. The van der Waals surface area contributed by atoms with E-state index in [4.69, 9.17) is 16.7 Å². The van der Waals surface area contributed by atoms with Crippen molar-refractivity contribution < 1.29 is 9.90 Å². The monoisotopic (exact) mass is 278 g/mol. The van der Waals surface area contributed by atoms with Crippen LogP contribution in [0.3, 0.4) is 0 Å². The summed E-state index contributed by atoms with van der Waals surface area (Å²) in [4.78, 5) is 11.0. The Bertz CT molecular complexity index is 579. The number of halogens is 1. The van der Waals surface area contributed by atoms with Gasteiger partial charge in [0.1, 0.15) is 10.7 Å². The van der Waals surface area contributed by atoms with Gasteiger partial charge in [-0.1, -0.05) is 41.9 Å². The highest BCUT2D eigenvalue weighted by atomic mass is 35.5. The minimum Gasteiger partial charge on any atom is -0.478 e. The fourth-order valence-electron chi connectivity index (χ4n) is 2.02. The standard InChI is InChI=1S/C14H15ClN2O2/c1-10-12(14(18)19)13(15)17(16-10)9-5-8-11-6-3-2-4-7-11/h2-4,6-7H,5,8-9H2,1H3,(H,18,19). The molecule has 1 aromatic heterocycles. The first kappa shape index (κ1) is 13.6. The van der Waals surface area contributed by atoms with E-state index in [0.29, 0.717) is 12.2 Å². The molecule has 5 heteroatoms. The van der Waals surface area contributed by atoms with E-state index in [-0.39, 0.29) is 10.7 Å². The topological polar surface area (TPSA) is 55.1 Å². The molecule has 0 atom stereocenters. The fraction of sp³-hybridized carbons (Fsp3) is 0.286. The summed E-state index contributed by atoms with van der Waals surface area (Å²) in [6.07, 6.45) is 1.78. The van der Waals surface area contributed by atoms with Gasteiger partial charge in [-0.2, -0.15) is 5.10 Å². The van der Waals surface area contributed by atoms with Gasteiger partial charge in [0.25, 0.3) is 0 Å². The van der Waals surface area contributed by atoms with Crippen molar-refractivity contribution in [3.05, 3.63) is 52.3 Å². The van der Waals surface area contributed by atoms with Gasteiger partial charge in [0, 0.05) is 6.54 Å². The van der Waals surface area contributed by atoms with Crippen LogP contribution < -0.4 is 0 Å². The molecule has 19 heavy (non-hydrogen) atoms. The maximum absolute atomic E-state index is 11.0. The first-order valence-corrected chi connectivity index (χ1v) is 6.47. The summed E-state index contributed by atoms with van der Waals surface area (Å²) >= 11 is 6.03. The molecule has 0 aliphatic carbocycles. The van der Waals surface area contributed by atoms with E-state index in [1.807, 2.05) is 18.2 Å². The minimum atomic E-state index is -1.03. The number of aryl methyl sites for hydroxylation is 3. The van der Waals surface area contributed by atoms with Crippen LogP contribution in [0.5, 0.6) is 0 Å². The molecule has 4 nitrogen and oxygen atoms in total. The Hall–Kier alpha value is -1.81. The average Bonchev–Trinajstić information content (AvgIpc) is 2.66. The van der Waals surface area contributed by atoms with Crippen LogP contribution in [-0.2, 0) is 13.0 Å². The normalized spacial score (nSPS) is 10.6. The number of aromatic carboxylic acids is 1. The van der Waals surface area contributed by atoms with Crippen molar-refractivity contribution in [3.8, 4) is 0 Å². The molecule has 2 rings (SSSR count). The molecule has 0 aliphatic heterocycles. The highest BCUT2D eigenvalue weighted by Gasteiger charge is 2.18. The number of nitrogens with zero attached hydrogens (tertiary/aromatic N) is 2. The zero-order valence-electron chi connectivity index (χ0n) is 10.6. The quantitative estimate of drug-likeness (QED) is 0.914. The molecule has 100 valence electrons. The summed E-state index contributed by atoms with van der Waals surface area (Å²) in [5.74, 6) is -1.03. The number of carbonyl (C=O) groups is 1. The molecule has 0 saturated heterocycles. The number of benzene rings is 1. The first-order valence-electron chi connectivity index (χ1n) is 6.09. The smallest absolute Gasteiger partial charge is 0.340 e. The first-order chi connectivity index (χ1) is 9.09. The third-order valence-corrected chi connectivity index (χ3v) is 3.34. The van der Waals surface area contributed by atoms with Crippen molar-refractivity contribution in [3.63, 3.8) is 0 Å². The lowest BCUT2D eigenvalue weighted by molar-refractivity contribution is 0.0696. The molecule has 0 amide bonds. The van der Waals surface area contributed by atoms with E-state index < -0.39 is 5.97 Å². The summed E-state index contributed by atoms with van der Waals surface area (Å²) in [6, 6.07) is 10.1. The average molecular weight is 279 g/mol. The van der Waals surface area contributed by atoms with E-state index in [2.05, 4.69) is 17.2 Å². The van der Waals surface area contributed by atoms with Crippen molar-refractivity contribution in [1.29, 1.82) is 0 Å². The molecule has 0 aliphatic rings. The van der Waals surface area contributed by atoms with Gasteiger partial charge in [-0.05, 0) is 25.3 Å². The molecule has 0 unspecified atom stereocenters. The maximum Gasteiger partial charge on any atom is 0.340 e. The summed E-state index contributed by atoms with van der Waals surface area (Å²) < 4.78 is 1.56. The molecule has 0 saturated carbocycles. The van der Waals surface area contributed by atoms with Crippen LogP contribution in [0.1, 0.15) is 28.0 Å². The van der Waals surface area contributed by atoms with Crippen molar-refractivity contribution in [2.24, 2.45) is 0 Å². The number of rotatable bonds is 5. The number of hydrogen-bond acceptors (Lipinski definition) is 2. The van der Waals surface area contributed by atoms with Gasteiger partial charge in [-0.3, -0.25) is 4.68 Å². The van der Waals surface area contributed by atoms with Gasteiger partial charge < -0.3 is 5.11 Å². The Morgan fingerprint density at radius 3 is 2.63 bits per heavy atom. The highest BCUT2D eigenvalue weighted by molar-refractivity contribution is 6.32. The molecule has 1 heterocycles. The maximum atomic E-state index is 11.0. The lowest BCUT2D eigenvalue weighted by Gasteiger charge is -2.03. The molecule has 0 radical (unpaired) electrons. The second kappa shape index (κ2) is 5.89. The van der Waals surface area contributed by atoms with Crippen LogP contribution in [0.2, 0.25) is 5.15 Å². The van der Waals surface area contributed by atoms with Crippen LogP contribution in [0.15, 0.2) is 30.3 Å². The Labute approximate surface area is 116 Å². The summed E-state index contributed by atoms with van der Waals surface area (Å²) in [5, 5.41) is 13.4. The van der Waals surface area contributed by atoms with Crippen molar-refractivity contribution in [2.75, 3.05) is 0 Å². The van der Waals surface area contributed by atoms with Crippen molar-refractivity contribution in [1.82, 2.24) is 9.78 Å². The Balaban J connectivity index is 2.01. The predicted molar refractivity (Wildman–Crippen MR) is 73.7 cm³/mol. The van der Waals surface area contributed by atoms with Gasteiger partial charge in [0.05, 0.1) is 5.69 Å². The van der Waals surface area contributed by atoms with Crippen LogP contribution in [0.25, 0.3) is 0 Å². The van der Waals surface area contributed by atoms with E-state index >= 15 is 0 Å². The number of carboxylic acids is 1. The van der Waals surface area contributed by atoms with Crippen molar-refractivity contribution in [2.45, 2.75) is 26.3 Å². The Morgan fingerprint density at radius 1 is 1.37 bits per heavy atom. The predicted octanol–water partition coefficient (Wildman–Crippen LogP) is 3.18. The lowest BCUT2D eigenvalue weighted by atomic mass is 10.1. The SMILES string of the molecule is Cc1nn(CCCc2ccccc2)c(Cl)c1C(=O)O. The van der Waals surface area contributed by atoms with Crippen molar-refractivity contribution >= 4 is 17.6 Å². The summed E-state index contributed by atoms with van der Waals surface area (Å²) in [7, 11) is 0. The second-order valence-corrected chi connectivity index (χ2v) is 4.73. The third-order valence-electron chi connectivity index (χ3n) is 2.96. The molecule has 0 spiro atoms. The van der Waals surface area contributed by atoms with Crippen LogP contribution >= 0.6 is 11.6 Å². The Kier molecular flexibility index (Phi) is 4.22. The van der Waals surface area contributed by atoms with Gasteiger partial charge in [-0.15, -0.1) is 0 Å². The van der Waals surface area contributed by atoms with Crippen LogP contribution in [0, 0.1) is 6.92 Å². The van der Waals surface area contributed by atoms with Gasteiger partial charge in [0.15, 0.2) is 0 Å². The number of aromatic nitrogens is 2. The van der Waals surface area contributed by atoms with E-state index in [1.54, 1.807) is 11.6 Å². The molecule has 0 fully saturated rings. The largest absolute Gasteiger partial charge is 0.478 e. The van der Waals surface area contributed by atoms with Gasteiger partial charge in [0.2, 0.25) is 0 Å². The zero-order valence-corrected chi connectivity index (χ0v) is 11.4. The fourth-order valence-corrected chi connectivity index (χ4v) is 2.36. The minimum absolute atomic E-state index is 0.0985. The van der Waals surface area contributed by atoms with Gasteiger partial charge >= 0.3 is 5.97 Å². The van der Waals surface area contributed by atoms with Crippen LogP contribution in [0.4, 0.5) is 0 Å². The molecule has 1 N–H and O–H groups in total. The third kappa shape index (κ3) is 3.15. The molecular weight excluding hydrogens is 264 g/mol. The number of carboxylic acid groups (broad SMARTS) is 1. The molecule has 1 aromatic carbocycles. The Morgan fingerprint density at radius 2 is 2.05 bits per heavy atom. The van der Waals surface area contributed by atoms with E-state index in [1.165, 1.54) is 5.56 Å². The van der Waals surface area contributed by atoms with E-state index in [0.717, 1.165) is 12.8 Å². The lowest BCUT2D eigenvalue weighted by Crippen LogP contribution is -2.03. The zero-order chi connectivity index (χ0) is 13.8. The van der Waals surface area contributed by atoms with E-state index in [9.17, 15) is 4.79 Å². The highest BCUT2D eigenvalue weighted by Crippen LogP contribution is 2.20. The van der Waals surface area contributed by atoms with Crippen LogP contribution in [-0.4, -0.2) is 20.9 Å². The summed E-state index contributed by atoms with van der Waals surface area (Å²) in [5.41, 5.74) is 1.81. The molecule has 0 bridgehead atoms.